The first-order valence-electron chi connectivity index (χ1n) is 13.6. The van der Waals surface area contributed by atoms with Gasteiger partial charge in [-0.15, -0.1) is 0 Å². The lowest BCUT2D eigenvalue weighted by Crippen LogP contribution is -2.37. The van der Waals surface area contributed by atoms with Gasteiger partial charge in [-0.2, -0.15) is 10.3 Å². The Morgan fingerprint density at radius 2 is 1.40 bits per heavy atom. The minimum atomic E-state index is -0.586. The summed E-state index contributed by atoms with van der Waals surface area (Å²) in [6.45, 7) is 0.400. The summed E-state index contributed by atoms with van der Waals surface area (Å²) in [5.74, 6) is 2.13. The van der Waals surface area contributed by atoms with Crippen molar-refractivity contribution < 1.29 is 19.0 Å². The van der Waals surface area contributed by atoms with Crippen LogP contribution in [-0.4, -0.2) is 49.6 Å². The summed E-state index contributed by atoms with van der Waals surface area (Å²) < 4.78 is 16.6. The molecule has 0 aliphatic carbocycles. The number of hydrogen-bond donors (Lipinski definition) is 0. The van der Waals surface area contributed by atoms with Crippen LogP contribution < -0.4 is 19.5 Å². The molecule has 2 aliphatic rings. The third-order valence-electron chi connectivity index (χ3n) is 7.03. The van der Waals surface area contributed by atoms with E-state index in [0.29, 0.717) is 35.3 Å². The standard InChI is InChI=1S/C34H28N5O4/c1-41-28-18-25(19-29(42-2)31(28)43-3)27-20-35-32-33(38-34(40)37-32)39(27)21-22-14-16-26(17-15-22)36-30(23-10-6-4-7-11-23)24-12-8-5-9-13-24/h4-20H,21H2,1-3H3. The minimum Gasteiger partial charge on any atom is -0.493 e. The molecule has 1 radical (unpaired) electrons. The lowest BCUT2D eigenvalue weighted by Gasteiger charge is -2.29. The van der Waals surface area contributed by atoms with Crippen LogP contribution in [0.5, 0.6) is 17.2 Å². The fourth-order valence-corrected chi connectivity index (χ4v) is 4.97. The largest absolute Gasteiger partial charge is 0.493 e. The Labute approximate surface area is 249 Å². The second-order valence-electron chi connectivity index (χ2n) is 9.66. The number of benzene rings is 4. The van der Waals surface area contributed by atoms with Crippen LogP contribution in [0.1, 0.15) is 22.3 Å². The van der Waals surface area contributed by atoms with Crippen molar-refractivity contribution >= 4 is 34.8 Å². The predicted octanol–water partition coefficient (Wildman–Crippen LogP) is 6.23. The maximum Gasteiger partial charge on any atom is 0.371 e. The van der Waals surface area contributed by atoms with Crippen molar-refractivity contribution in [3.05, 3.63) is 126 Å². The number of rotatable bonds is 9. The molecule has 0 aromatic heterocycles. The van der Waals surface area contributed by atoms with E-state index in [4.69, 9.17) is 19.2 Å². The van der Waals surface area contributed by atoms with Gasteiger partial charge >= 0.3 is 6.03 Å². The topological polar surface area (TPSA) is 99.2 Å². The number of hydrogen-bond acceptors (Lipinski definition) is 7. The minimum absolute atomic E-state index is 0.276. The summed E-state index contributed by atoms with van der Waals surface area (Å²) in [7, 11) is 4.68. The van der Waals surface area contributed by atoms with Crippen LogP contribution in [0, 0.1) is 0 Å². The van der Waals surface area contributed by atoms with E-state index in [1.54, 1.807) is 27.5 Å². The van der Waals surface area contributed by atoms with Crippen molar-refractivity contribution in [3.63, 3.8) is 0 Å². The quantitative estimate of drug-likeness (QED) is 0.222. The van der Waals surface area contributed by atoms with Gasteiger partial charge in [-0.05, 0) is 29.8 Å². The van der Waals surface area contributed by atoms with Gasteiger partial charge in [-0.1, -0.05) is 72.8 Å². The highest BCUT2D eigenvalue weighted by molar-refractivity contribution is 6.49. The highest BCUT2D eigenvalue weighted by atomic mass is 16.5. The summed E-state index contributed by atoms with van der Waals surface area (Å²) in [6.07, 6.45) is 1.67. The van der Waals surface area contributed by atoms with Crippen LogP contribution in [0.2, 0.25) is 0 Å². The maximum absolute atomic E-state index is 12.2. The fraction of sp³-hybridized carbons (Fsp3) is 0.118. The summed E-state index contributed by atoms with van der Waals surface area (Å²) in [5, 5.41) is 3.96. The van der Waals surface area contributed by atoms with E-state index in [1.807, 2.05) is 77.7 Å². The summed E-state index contributed by atoms with van der Waals surface area (Å²) >= 11 is 0. The molecule has 2 heterocycles. The van der Waals surface area contributed by atoms with Gasteiger partial charge in [0, 0.05) is 23.2 Å². The second kappa shape index (κ2) is 12.0. The van der Waals surface area contributed by atoms with Crippen LogP contribution in [0.25, 0.3) is 5.70 Å². The molecule has 2 amide bonds. The molecule has 0 spiro atoms. The molecule has 0 bridgehead atoms. The maximum atomic E-state index is 12.2. The van der Waals surface area contributed by atoms with E-state index < -0.39 is 6.03 Å². The number of methoxy groups -OCH3 is 3. The Morgan fingerprint density at radius 1 is 0.791 bits per heavy atom. The molecular weight excluding hydrogens is 542 g/mol. The molecule has 0 unspecified atom stereocenters. The first kappa shape index (κ1) is 27.5. The Balaban J connectivity index is 1.34. The molecule has 2 aliphatic heterocycles. The predicted molar refractivity (Wildman–Crippen MR) is 167 cm³/mol. The molecule has 0 saturated heterocycles. The SMILES string of the molecule is COc1cc(C2=CN=C3[N]C(=O)N=C3N2Cc2ccc(N=C(c3ccccc3)c3ccccc3)cc2)cc(OC)c1OC. The smallest absolute Gasteiger partial charge is 0.371 e. The fourth-order valence-electron chi connectivity index (χ4n) is 4.97. The number of nitrogens with zero attached hydrogens (tertiary/aromatic N) is 5. The monoisotopic (exact) mass is 570 g/mol. The number of carbonyl (C=O) groups is 1. The van der Waals surface area contributed by atoms with E-state index in [9.17, 15) is 4.79 Å². The van der Waals surface area contributed by atoms with Crippen molar-refractivity contribution in [1.29, 1.82) is 0 Å². The Kier molecular flexibility index (Phi) is 7.69. The van der Waals surface area contributed by atoms with Gasteiger partial charge in [-0.25, -0.2) is 14.8 Å². The molecule has 0 fully saturated rings. The van der Waals surface area contributed by atoms with Crippen LogP contribution >= 0.6 is 0 Å². The lowest BCUT2D eigenvalue weighted by molar-refractivity contribution is 0.253. The van der Waals surface area contributed by atoms with Gasteiger partial charge in [0.2, 0.25) is 11.6 Å². The van der Waals surface area contributed by atoms with E-state index in [0.717, 1.165) is 33.7 Å². The molecule has 0 N–H and O–H groups in total. The molecular formula is C34H28N5O4. The second-order valence-corrected chi connectivity index (χ2v) is 9.66. The first-order chi connectivity index (χ1) is 21.1. The number of urea groups is 1. The van der Waals surface area contributed by atoms with Crippen LogP contribution in [0.3, 0.4) is 0 Å². The zero-order valence-electron chi connectivity index (χ0n) is 23.9. The number of ether oxygens (including phenoxy) is 3. The molecule has 4 aromatic carbocycles. The molecule has 4 aromatic rings. The Morgan fingerprint density at radius 3 is 1.95 bits per heavy atom. The third-order valence-corrected chi connectivity index (χ3v) is 7.03. The average molecular weight is 571 g/mol. The van der Waals surface area contributed by atoms with Crippen LogP contribution in [-0.2, 0) is 6.54 Å². The molecule has 0 atom stereocenters. The first-order valence-corrected chi connectivity index (χ1v) is 13.6. The zero-order chi connectivity index (χ0) is 29.8. The van der Waals surface area contributed by atoms with Crippen molar-refractivity contribution in [2.24, 2.45) is 15.0 Å². The van der Waals surface area contributed by atoms with Crippen LogP contribution in [0.4, 0.5) is 10.5 Å². The van der Waals surface area contributed by atoms with Gasteiger partial charge in [-0.3, -0.25) is 0 Å². The highest BCUT2D eigenvalue weighted by Crippen LogP contribution is 2.41. The normalized spacial score (nSPS) is 13.7. The molecule has 9 nitrogen and oxygen atoms in total. The number of aliphatic imine (C=N–C) groups is 3. The van der Waals surface area contributed by atoms with E-state index >= 15 is 0 Å². The van der Waals surface area contributed by atoms with Crippen molar-refractivity contribution in [2.75, 3.05) is 21.3 Å². The van der Waals surface area contributed by atoms with E-state index in [2.05, 4.69) is 39.6 Å². The highest BCUT2D eigenvalue weighted by Gasteiger charge is 2.34. The summed E-state index contributed by atoms with van der Waals surface area (Å²) in [5.41, 5.74) is 6.19. The zero-order valence-corrected chi connectivity index (χ0v) is 23.9. The summed E-state index contributed by atoms with van der Waals surface area (Å²) in [6, 6.07) is 31.3. The van der Waals surface area contributed by atoms with Crippen molar-refractivity contribution in [3.8, 4) is 17.2 Å². The molecule has 6 rings (SSSR count). The Hall–Kier alpha value is -5.70. The number of carbonyl (C=O) groups excluding carboxylic acids is 1. The summed E-state index contributed by atoms with van der Waals surface area (Å²) in [4.78, 5) is 27.7. The van der Waals surface area contributed by atoms with E-state index in [1.165, 1.54) is 0 Å². The van der Waals surface area contributed by atoms with Gasteiger partial charge in [0.15, 0.2) is 17.3 Å². The molecule has 0 saturated carbocycles. The number of amidine groups is 2. The van der Waals surface area contributed by atoms with Gasteiger partial charge in [0.25, 0.3) is 0 Å². The average Bonchev–Trinajstić information content (AvgIpc) is 3.45. The van der Waals surface area contributed by atoms with Gasteiger partial charge in [0.05, 0.1) is 44.6 Å². The lowest BCUT2D eigenvalue weighted by atomic mass is 10.0. The number of amides is 2. The molecule has 43 heavy (non-hydrogen) atoms. The van der Waals surface area contributed by atoms with Crippen LogP contribution in [0.15, 0.2) is 118 Å². The molecule has 213 valence electrons. The van der Waals surface area contributed by atoms with E-state index in [-0.39, 0.29) is 5.84 Å². The van der Waals surface area contributed by atoms with Gasteiger partial charge < -0.3 is 19.1 Å². The third kappa shape index (κ3) is 5.60. The number of fused-ring (bicyclic) bond motifs is 1. The van der Waals surface area contributed by atoms with Crippen molar-refractivity contribution in [1.82, 2.24) is 10.2 Å². The van der Waals surface area contributed by atoms with Crippen molar-refractivity contribution in [2.45, 2.75) is 6.54 Å². The Bertz CT molecular complexity index is 1710. The van der Waals surface area contributed by atoms with Gasteiger partial charge in [0.1, 0.15) is 0 Å². The molecule has 9 heteroatoms.